The van der Waals surface area contributed by atoms with Crippen molar-refractivity contribution < 1.29 is 9.53 Å². The van der Waals surface area contributed by atoms with E-state index in [-0.39, 0.29) is 17.9 Å². The molecule has 2 atom stereocenters. The zero-order valence-electron chi connectivity index (χ0n) is 14.8. The highest BCUT2D eigenvalue weighted by molar-refractivity contribution is 5.78. The van der Waals surface area contributed by atoms with Gasteiger partial charge in [0.1, 0.15) is 12.4 Å². The maximum absolute atomic E-state index is 11.9. The zero-order chi connectivity index (χ0) is 17.2. The fourth-order valence-electron chi connectivity index (χ4n) is 2.12. The quantitative estimate of drug-likeness (QED) is 0.692. The second-order valence-corrected chi connectivity index (χ2v) is 5.88. The van der Waals surface area contributed by atoms with Crippen molar-refractivity contribution in [2.75, 3.05) is 26.2 Å². The summed E-state index contributed by atoms with van der Waals surface area (Å²) in [7, 11) is 0. The number of hydrogen-bond acceptors (Lipinski definition) is 4. The van der Waals surface area contributed by atoms with Gasteiger partial charge in [-0.3, -0.25) is 4.79 Å². The van der Waals surface area contributed by atoms with Crippen LogP contribution in [0.4, 0.5) is 0 Å². The molecule has 0 heterocycles. The van der Waals surface area contributed by atoms with Crippen LogP contribution < -0.4 is 15.8 Å². The lowest BCUT2D eigenvalue weighted by Crippen LogP contribution is -2.38. The van der Waals surface area contributed by atoms with E-state index in [2.05, 4.69) is 24.1 Å². The lowest BCUT2D eigenvalue weighted by molar-refractivity contribution is -0.125. The van der Waals surface area contributed by atoms with Crippen molar-refractivity contribution in [2.24, 2.45) is 11.7 Å². The summed E-state index contributed by atoms with van der Waals surface area (Å²) in [5.41, 5.74) is 6.78. The Kier molecular flexibility index (Phi) is 8.66. The van der Waals surface area contributed by atoms with Crippen LogP contribution in [0, 0.1) is 5.92 Å². The standard InChI is InChI=1S/C18H31N3O2/c1-5-21(6-2)11-12-23-17-9-7-16(8-10-17)13-20-18(22)14(3)15(4)19/h7-10,14-15H,5-6,11-13,19H2,1-4H3,(H,20,22). The molecule has 1 aromatic rings. The molecule has 1 amide bonds. The van der Waals surface area contributed by atoms with E-state index in [9.17, 15) is 4.79 Å². The van der Waals surface area contributed by atoms with Gasteiger partial charge in [-0.2, -0.15) is 0 Å². The molecule has 1 rings (SSSR count). The van der Waals surface area contributed by atoms with E-state index in [0.29, 0.717) is 13.2 Å². The average Bonchev–Trinajstić information content (AvgIpc) is 2.56. The summed E-state index contributed by atoms with van der Waals surface area (Å²) < 4.78 is 5.74. The third-order valence-electron chi connectivity index (χ3n) is 4.16. The van der Waals surface area contributed by atoms with Crippen molar-refractivity contribution in [1.29, 1.82) is 0 Å². The molecule has 0 bridgehead atoms. The van der Waals surface area contributed by atoms with Crippen LogP contribution in [-0.4, -0.2) is 43.1 Å². The first kappa shape index (κ1) is 19.5. The number of carbonyl (C=O) groups excluding carboxylic acids is 1. The Balaban J connectivity index is 2.37. The highest BCUT2D eigenvalue weighted by atomic mass is 16.5. The second kappa shape index (κ2) is 10.2. The Hall–Kier alpha value is -1.59. The van der Waals surface area contributed by atoms with E-state index in [1.165, 1.54) is 0 Å². The largest absolute Gasteiger partial charge is 0.492 e. The van der Waals surface area contributed by atoms with E-state index >= 15 is 0 Å². The average molecular weight is 321 g/mol. The smallest absolute Gasteiger partial charge is 0.224 e. The van der Waals surface area contributed by atoms with Gasteiger partial charge >= 0.3 is 0 Å². The van der Waals surface area contributed by atoms with Crippen LogP contribution in [0.2, 0.25) is 0 Å². The SMILES string of the molecule is CCN(CC)CCOc1ccc(CNC(=O)C(C)C(C)N)cc1. The summed E-state index contributed by atoms with van der Waals surface area (Å²) in [6.45, 7) is 12.2. The molecule has 0 saturated carbocycles. The molecule has 0 radical (unpaired) electrons. The van der Waals surface area contributed by atoms with Gasteiger partial charge in [0.2, 0.25) is 5.91 Å². The number of rotatable bonds is 10. The topological polar surface area (TPSA) is 67.6 Å². The van der Waals surface area contributed by atoms with Gasteiger partial charge in [-0.15, -0.1) is 0 Å². The molecular weight excluding hydrogens is 290 g/mol. The Bertz CT molecular complexity index is 456. The van der Waals surface area contributed by atoms with Gasteiger partial charge in [-0.05, 0) is 37.7 Å². The third-order valence-corrected chi connectivity index (χ3v) is 4.16. The zero-order valence-corrected chi connectivity index (χ0v) is 14.8. The maximum Gasteiger partial charge on any atom is 0.224 e. The van der Waals surface area contributed by atoms with Gasteiger partial charge in [0, 0.05) is 25.0 Å². The van der Waals surface area contributed by atoms with Crippen molar-refractivity contribution in [2.45, 2.75) is 40.3 Å². The van der Waals surface area contributed by atoms with Gasteiger partial charge in [0.15, 0.2) is 0 Å². The minimum absolute atomic E-state index is 0.0143. The molecule has 130 valence electrons. The van der Waals surface area contributed by atoms with Crippen LogP contribution in [-0.2, 0) is 11.3 Å². The van der Waals surface area contributed by atoms with Crippen molar-refractivity contribution in [1.82, 2.24) is 10.2 Å². The van der Waals surface area contributed by atoms with Gasteiger partial charge in [-0.25, -0.2) is 0 Å². The highest BCUT2D eigenvalue weighted by Crippen LogP contribution is 2.12. The number of nitrogens with zero attached hydrogens (tertiary/aromatic N) is 1. The molecule has 3 N–H and O–H groups in total. The van der Waals surface area contributed by atoms with Crippen molar-refractivity contribution in [3.05, 3.63) is 29.8 Å². The van der Waals surface area contributed by atoms with Crippen LogP contribution in [0.1, 0.15) is 33.3 Å². The van der Waals surface area contributed by atoms with Crippen LogP contribution in [0.25, 0.3) is 0 Å². The predicted octanol–water partition coefficient (Wildman–Crippen LogP) is 2.01. The van der Waals surface area contributed by atoms with Gasteiger partial charge in [0.25, 0.3) is 0 Å². The number of carbonyl (C=O) groups is 1. The number of ether oxygens (including phenoxy) is 1. The number of hydrogen-bond donors (Lipinski definition) is 2. The Morgan fingerprint density at radius 1 is 1.22 bits per heavy atom. The summed E-state index contributed by atoms with van der Waals surface area (Å²) in [6.07, 6.45) is 0. The summed E-state index contributed by atoms with van der Waals surface area (Å²) in [6, 6.07) is 7.70. The summed E-state index contributed by atoms with van der Waals surface area (Å²) in [5.74, 6) is 0.661. The first-order valence-electron chi connectivity index (χ1n) is 8.45. The van der Waals surface area contributed by atoms with Crippen molar-refractivity contribution in [3.8, 4) is 5.75 Å². The van der Waals surface area contributed by atoms with Gasteiger partial charge < -0.3 is 20.7 Å². The first-order chi connectivity index (χ1) is 11.0. The molecule has 0 saturated heterocycles. The third kappa shape index (κ3) is 7.01. The monoisotopic (exact) mass is 321 g/mol. The van der Waals surface area contributed by atoms with E-state index in [1.807, 2.05) is 38.1 Å². The van der Waals surface area contributed by atoms with E-state index in [4.69, 9.17) is 10.5 Å². The molecule has 0 fully saturated rings. The van der Waals surface area contributed by atoms with E-state index in [1.54, 1.807) is 0 Å². The minimum atomic E-state index is -0.183. The Morgan fingerprint density at radius 3 is 2.35 bits per heavy atom. The van der Waals surface area contributed by atoms with Crippen LogP contribution in [0.3, 0.4) is 0 Å². The van der Waals surface area contributed by atoms with Crippen LogP contribution in [0.5, 0.6) is 5.75 Å². The number of benzene rings is 1. The molecule has 23 heavy (non-hydrogen) atoms. The first-order valence-corrected chi connectivity index (χ1v) is 8.45. The number of amides is 1. The van der Waals surface area contributed by atoms with Crippen LogP contribution in [0.15, 0.2) is 24.3 Å². The Morgan fingerprint density at radius 2 is 1.83 bits per heavy atom. The molecule has 0 spiro atoms. The summed E-state index contributed by atoms with van der Waals surface area (Å²) in [5, 5.41) is 2.91. The molecule has 5 heteroatoms. The molecule has 2 unspecified atom stereocenters. The molecule has 0 aliphatic carbocycles. The predicted molar refractivity (Wildman–Crippen MR) is 94.4 cm³/mol. The van der Waals surface area contributed by atoms with E-state index < -0.39 is 0 Å². The van der Waals surface area contributed by atoms with Crippen LogP contribution >= 0.6 is 0 Å². The van der Waals surface area contributed by atoms with Crippen molar-refractivity contribution in [3.63, 3.8) is 0 Å². The van der Waals surface area contributed by atoms with Crippen molar-refractivity contribution >= 4 is 5.91 Å². The second-order valence-electron chi connectivity index (χ2n) is 5.88. The normalized spacial score (nSPS) is 13.7. The van der Waals surface area contributed by atoms with E-state index in [0.717, 1.165) is 30.9 Å². The molecular formula is C18H31N3O2. The lowest BCUT2D eigenvalue weighted by Gasteiger charge is -2.18. The van der Waals surface area contributed by atoms with Gasteiger partial charge in [0.05, 0.1) is 0 Å². The fourth-order valence-corrected chi connectivity index (χ4v) is 2.12. The Labute approximate surface area is 140 Å². The number of likely N-dealkylation sites (N-methyl/N-ethyl adjacent to an activating group) is 1. The fraction of sp³-hybridized carbons (Fsp3) is 0.611. The molecule has 5 nitrogen and oxygen atoms in total. The summed E-state index contributed by atoms with van der Waals surface area (Å²) >= 11 is 0. The minimum Gasteiger partial charge on any atom is -0.492 e. The lowest BCUT2D eigenvalue weighted by atomic mass is 10.0. The molecule has 0 aliphatic rings. The molecule has 0 aliphatic heterocycles. The maximum atomic E-state index is 11.9. The highest BCUT2D eigenvalue weighted by Gasteiger charge is 2.16. The molecule has 0 aromatic heterocycles. The molecule has 1 aromatic carbocycles. The number of nitrogens with one attached hydrogen (secondary N) is 1. The number of nitrogens with two attached hydrogens (primary N) is 1. The summed E-state index contributed by atoms with van der Waals surface area (Å²) in [4.78, 5) is 14.2. The van der Waals surface area contributed by atoms with Gasteiger partial charge in [-0.1, -0.05) is 32.9 Å².